The number of rotatable bonds is 29. The van der Waals surface area contributed by atoms with Crippen LogP contribution in [-0.2, 0) is 66.5 Å². The van der Waals surface area contributed by atoms with Crippen molar-refractivity contribution in [2.75, 3.05) is 60.0 Å². The summed E-state index contributed by atoms with van der Waals surface area (Å²) in [5, 5.41) is 177. The molecule has 15 unspecified atom stereocenters. The smallest absolute Gasteiger partial charge is 0.217 e. The van der Waals surface area contributed by atoms with Crippen molar-refractivity contribution in [2.24, 2.45) is 0 Å². The molecule has 0 aliphatic carbocycles. The highest BCUT2D eigenvalue weighted by Gasteiger charge is 2.55. The van der Waals surface area contributed by atoms with Crippen LogP contribution in [0.5, 0.6) is 0 Å². The van der Waals surface area contributed by atoms with Crippen LogP contribution in [0.2, 0.25) is 0 Å². The maximum atomic E-state index is 12.5. The first-order valence-electron chi connectivity index (χ1n) is 24.7. The molecular weight excluding hydrogens is 1050 g/mol. The fourth-order valence-electron chi connectivity index (χ4n) is 9.18. The molecule has 0 aromatic rings. The van der Waals surface area contributed by atoms with Gasteiger partial charge in [0.05, 0.1) is 64.5 Å². The Labute approximate surface area is 440 Å². The van der Waals surface area contributed by atoms with Crippen molar-refractivity contribution in [1.29, 1.82) is 0 Å². The lowest BCUT2D eigenvalue weighted by Gasteiger charge is -2.48. The second kappa shape index (κ2) is 31.5. The monoisotopic (exact) mass is 1130 g/mol. The standard InChI is InChI=1S/C44H79N3O30/c1-15-27(45-16(2)55)32(62)38(23(10-51)69-15)75-41-28(46-17(3)56)33(63)37(24(11-52)72-41)74-26(13-54)70-21(8-49)20(59)14-68-44(67-5)40(30(60)19(58)6-7-48)77-42-29(47-18(4)57)34(64)39(25(12-53)73-42)76-43-36(66)35(65)31(61)22(9-50)71-43/h15,19-44,48-54,58-66H,6-14H2,1-5H3,(H,45,55)(H,46,56)(H,47,57)/t15-,19+,20-,21?,22?,23?,24?,25?,26-,27?,28?,29?,30?,31-,32?,33?,34?,35?,36?,37+,38+,39+,40?,41-,42-,43-,44+/m0/s1. The van der Waals surface area contributed by atoms with E-state index < -0.39 is 243 Å². The zero-order valence-corrected chi connectivity index (χ0v) is 42.8. The van der Waals surface area contributed by atoms with Crippen LogP contribution in [0.3, 0.4) is 0 Å². The Kier molecular flexibility index (Phi) is 27.4. The van der Waals surface area contributed by atoms with Gasteiger partial charge in [0, 0.05) is 34.5 Å². The van der Waals surface area contributed by atoms with Crippen LogP contribution in [0, 0.1) is 0 Å². The Bertz CT molecular complexity index is 1770. The van der Waals surface area contributed by atoms with E-state index in [2.05, 4.69) is 16.0 Å². The van der Waals surface area contributed by atoms with E-state index in [0.717, 1.165) is 21.0 Å². The summed E-state index contributed by atoms with van der Waals surface area (Å²) in [6.07, 6.45) is -42.2. The molecule has 4 aliphatic heterocycles. The largest absolute Gasteiger partial charge is 0.396 e. The highest BCUT2D eigenvalue weighted by Crippen LogP contribution is 2.34. The van der Waals surface area contributed by atoms with Crippen molar-refractivity contribution in [1.82, 2.24) is 16.0 Å². The minimum atomic E-state index is -2.10. The number of carbonyl (C=O) groups excluding carboxylic acids is 3. The number of carbonyl (C=O) groups is 3. The Morgan fingerprint density at radius 3 is 1.55 bits per heavy atom. The SMILES string of the molecule is CO[C@H](OC[C@H](O)C(CO)O[C@H](CO)O[C@@H]1C(CO)O[C@@H](O[C@@H]2C(CO)O[C@@H](C)C(NC(C)=O)C2O)C(NC(C)=O)C1O)C(O[C@@H]1OC(CO)[C@@H](O[C@@H]2OC(CO)[C@H](O)C(O)C2O)C(O)C1NC(C)=O)C(O)[C@H](O)CCO. The van der Waals surface area contributed by atoms with E-state index >= 15 is 0 Å². The van der Waals surface area contributed by atoms with Gasteiger partial charge in [-0.2, -0.15) is 0 Å². The van der Waals surface area contributed by atoms with Crippen molar-refractivity contribution in [3.8, 4) is 0 Å². The lowest BCUT2D eigenvalue weighted by atomic mass is 9.92. The van der Waals surface area contributed by atoms with Gasteiger partial charge in [0.1, 0.15) is 116 Å². The van der Waals surface area contributed by atoms with Crippen LogP contribution in [0.4, 0.5) is 0 Å². The molecular formula is C44H79N3O30. The predicted octanol–water partition coefficient (Wildman–Crippen LogP) is -11.7. The van der Waals surface area contributed by atoms with E-state index in [1.165, 1.54) is 13.8 Å². The van der Waals surface area contributed by atoms with E-state index in [1.807, 2.05) is 0 Å². The van der Waals surface area contributed by atoms with Crippen molar-refractivity contribution >= 4 is 17.7 Å². The fourth-order valence-corrected chi connectivity index (χ4v) is 9.18. The number of amides is 3. The normalized spacial score (nSPS) is 38.6. The summed E-state index contributed by atoms with van der Waals surface area (Å²) >= 11 is 0. The highest BCUT2D eigenvalue weighted by atomic mass is 16.8. The summed E-state index contributed by atoms with van der Waals surface area (Å²) in [4.78, 5) is 36.8. The number of ether oxygens (including phenoxy) is 11. The molecule has 33 nitrogen and oxygen atoms in total. The summed E-state index contributed by atoms with van der Waals surface area (Å²) in [7, 11) is 1.01. The van der Waals surface area contributed by atoms with Crippen LogP contribution < -0.4 is 16.0 Å². The first-order chi connectivity index (χ1) is 36.4. The lowest BCUT2D eigenvalue weighted by molar-refractivity contribution is -0.360. The molecule has 3 amide bonds. The Hall–Kier alpha value is -2.67. The average molecular weight is 1130 g/mol. The molecule has 27 atom stereocenters. The summed E-state index contributed by atoms with van der Waals surface area (Å²) in [6.45, 7) is -2.38. The van der Waals surface area contributed by atoms with Crippen LogP contribution in [0.25, 0.3) is 0 Å². The molecule has 450 valence electrons. The van der Waals surface area contributed by atoms with Crippen LogP contribution in [-0.4, -0.2) is 325 Å². The van der Waals surface area contributed by atoms with E-state index in [4.69, 9.17) is 52.1 Å². The fraction of sp³-hybridized carbons (Fsp3) is 0.932. The van der Waals surface area contributed by atoms with Crippen molar-refractivity contribution in [3.63, 3.8) is 0 Å². The van der Waals surface area contributed by atoms with Crippen molar-refractivity contribution in [2.45, 2.75) is 200 Å². The summed E-state index contributed by atoms with van der Waals surface area (Å²) in [5.74, 6) is -2.10. The molecule has 0 bridgehead atoms. The molecule has 0 aromatic heterocycles. The van der Waals surface area contributed by atoms with Gasteiger partial charge in [0.15, 0.2) is 31.5 Å². The molecule has 4 aliphatic rings. The first-order valence-corrected chi connectivity index (χ1v) is 24.7. The second-order valence-electron chi connectivity index (χ2n) is 18.8. The van der Waals surface area contributed by atoms with Crippen molar-refractivity contribution < 1.29 is 148 Å². The van der Waals surface area contributed by atoms with Gasteiger partial charge in [-0.05, 0) is 13.3 Å². The summed E-state index contributed by atoms with van der Waals surface area (Å²) < 4.78 is 63.2. The molecule has 4 heterocycles. The second-order valence-corrected chi connectivity index (χ2v) is 18.8. The Morgan fingerprint density at radius 2 is 1.03 bits per heavy atom. The molecule has 0 aromatic carbocycles. The Balaban J connectivity index is 1.52. The molecule has 4 fully saturated rings. The van der Waals surface area contributed by atoms with Crippen LogP contribution in [0.1, 0.15) is 34.1 Å². The third-order valence-corrected chi connectivity index (χ3v) is 13.2. The quantitative estimate of drug-likeness (QED) is 0.0309. The molecule has 4 saturated heterocycles. The Morgan fingerprint density at radius 1 is 0.545 bits per heavy atom. The minimum Gasteiger partial charge on any atom is -0.396 e. The maximum absolute atomic E-state index is 12.5. The van der Waals surface area contributed by atoms with Gasteiger partial charge in [0.2, 0.25) is 17.7 Å². The number of hydrogen-bond acceptors (Lipinski definition) is 30. The number of aliphatic hydroxyl groups excluding tert-OH is 16. The molecule has 0 radical (unpaired) electrons. The predicted molar refractivity (Wildman–Crippen MR) is 246 cm³/mol. The van der Waals surface area contributed by atoms with E-state index in [-0.39, 0.29) is 0 Å². The summed E-state index contributed by atoms with van der Waals surface area (Å²) in [6, 6.07) is -4.37. The van der Waals surface area contributed by atoms with E-state index in [1.54, 1.807) is 0 Å². The molecule has 0 spiro atoms. The third kappa shape index (κ3) is 17.2. The minimum absolute atomic E-state index is 0.486. The lowest BCUT2D eigenvalue weighted by Crippen LogP contribution is -2.69. The molecule has 4 rings (SSSR count). The van der Waals surface area contributed by atoms with Crippen LogP contribution in [0.15, 0.2) is 0 Å². The topological polar surface area (TPSA) is 513 Å². The van der Waals surface area contributed by atoms with Gasteiger partial charge in [-0.25, -0.2) is 0 Å². The molecule has 0 saturated carbocycles. The van der Waals surface area contributed by atoms with E-state index in [9.17, 15) is 96.1 Å². The molecule has 33 heteroatoms. The number of nitrogens with one attached hydrogen (secondary N) is 3. The zero-order valence-electron chi connectivity index (χ0n) is 42.8. The average Bonchev–Trinajstić information content (AvgIpc) is 3.39. The van der Waals surface area contributed by atoms with E-state index in [0.29, 0.717) is 0 Å². The zero-order chi connectivity index (χ0) is 57.6. The van der Waals surface area contributed by atoms with Crippen molar-refractivity contribution in [3.05, 3.63) is 0 Å². The third-order valence-electron chi connectivity index (χ3n) is 13.2. The summed E-state index contributed by atoms with van der Waals surface area (Å²) in [5.41, 5.74) is 0. The van der Waals surface area contributed by atoms with Crippen LogP contribution >= 0.6 is 0 Å². The van der Waals surface area contributed by atoms with Gasteiger partial charge in [0.25, 0.3) is 0 Å². The molecule has 19 N–H and O–H groups in total. The van der Waals surface area contributed by atoms with Gasteiger partial charge in [-0.3, -0.25) is 14.4 Å². The highest BCUT2D eigenvalue weighted by molar-refractivity contribution is 5.74. The van der Waals surface area contributed by atoms with Gasteiger partial charge in [-0.1, -0.05) is 0 Å². The number of aliphatic hydroxyl groups is 16. The maximum Gasteiger partial charge on any atom is 0.217 e. The number of methoxy groups -OCH3 is 1. The van der Waals surface area contributed by atoms with Gasteiger partial charge < -0.3 is 150 Å². The van der Waals surface area contributed by atoms with Gasteiger partial charge in [-0.15, -0.1) is 0 Å². The first kappa shape index (κ1) is 66.8. The van der Waals surface area contributed by atoms with Gasteiger partial charge >= 0.3 is 0 Å². The number of hydrogen-bond donors (Lipinski definition) is 19. The molecule has 77 heavy (non-hydrogen) atoms.